The maximum absolute atomic E-state index is 13.1. The molecule has 12 heteroatoms. The summed E-state index contributed by atoms with van der Waals surface area (Å²) in [5.74, 6) is -3.00. The van der Waals surface area contributed by atoms with Crippen molar-refractivity contribution in [1.29, 1.82) is 0 Å². The molecule has 38 heavy (non-hydrogen) atoms. The molecule has 3 aromatic carbocycles. The predicted molar refractivity (Wildman–Crippen MR) is 146 cm³/mol. The molecule has 0 fully saturated rings. The number of halogens is 2. The molecular formula is C26H25Cl2N2O7P. The Bertz CT molecular complexity index is 1410. The van der Waals surface area contributed by atoms with Gasteiger partial charge in [0, 0.05) is 23.6 Å². The molecule has 2 amide bonds. The fraction of sp³-hybridized carbons (Fsp3) is 0.192. The lowest BCUT2D eigenvalue weighted by molar-refractivity contribution is -0.139. The number of amides is 2. The molecule has 0 bridgehead atoms. The summed E-state index contributed by atoms with van der Waals surface area (Å²) in [4.78, 5) is 36.8. The Balaban J connectivity index is 1.68. The van der Waals surface area contributed by atoms with E-state index in [0.29, 0.717) is 17.3 Å². The number of benzene rings is 3. The number of hydrogen-bond acceptors (Lipinski definition) is 6. The molecule has 0 aliphatic carbocycles. The SMILES string of the molecule is CP(=O)(CCc1cc(Cl)c(C(=O)NC(CNC(=O)c2cccc(O)c2)C(=O)O)c(Cl)c1)c1cccc(O)c1. The minimum atomic E-state index is -2.81. The highest BCUT2D eigenvalue weighted by Crippen LogP contribution is 2.41. The molecule has 0 saturated heterocycles. The van der Waals surface area contributed by atoms with E-state index in [1.807, 2.05) is 0 Å². The zero-order valence-corrected chi connectivity index (χ0v) is 22.6. The molecule has 3 rings (SSSR count). The van der Waals surface area contributed by atoms with Crippen molar-refractivity contribution < 1.29 is 34.3 Å². The van der Waals surface area contributed by atoms with E-state index in [9.17, 15) is 34.3 Å². The number of aryl methyl sites for hydroxylation is 1. The van der Waals surface area contributed by atoms with E-state index in [4.69, 9.17) is 23.2 Å². The molecule has 3 aromatic rings. The number of aromatic hydroxyl groups is 2. The molecule has 0 saturated carbocycles. The van der Waals surface area contributed by atoms with Crippen LogP contribution in [0.3, 0.4) is 0 Å². The van der Waals surface area contributed by atoms with E-state index < -0.39 is 37.5 Å². The molecule has 5 N–H and O–H groups in total. The Labute approximate surface area is 228 Å². The van der Waals surface area contributed by atoms with Crippen molar-refractivity contribution >= 4 is 53.4 Å². The number of phenolic OH excluding ortho intramolecular Hbond substituents is 2. The quantitative estimate of drug-likeness (QED) is 0.229. The van der Waals surface area contributed by atoms with Crippen molar-refractivity contribution in [3.05, 3.63) is 87.4 Å². The summed E-state index contributed by atoms with van der Waals surface area (Å²) in [6, 6.07) is 13.2. The van der Waals surface area contributed by atoms with Gasteiger partial charge in [0.1, 0.15) is 24.7 Å². The van der Waals surface area contributed by atoms with E-state index in [2.05, 4.69) is 10.6 Å². The van der Waals surface area contributed by atoms with Crippen molar-refractivity contribution in [1.82, 2.24) is 10.6 Å². The number of nitrogens with one attached hydrogen (secondary N) is 2. The largest absolute Gasteiger partial charge is 0.508 e. The van der Waals surface area contributed by atoms with Gasteiger partial charge in [0.15, 0.2) is 0 Å². The van der Waals surface area contributed by atoms with Gasteiger partial charge in [0.25, 0.3) is 11.8 Å². The van der Waals surface area contributed by atoms with E-state index in [-0.39, 0.29) is 38.8 Å². The number of rotatable bonds is 10. The second-order valence-electron chi connectivity index (χ2n) is 8.65. The van der Waals surface area contributed by atoms with Gasteiger partial charge in [-0.05, 0) is 61.1 Å². The summed E-state index contributed by atoms with van der Waals surface area (Å²) in [7, 11) is -2.81. The number of carboxylic acids is 1. The minimum absolute atomic E-state index is 0.0182. The number of carbonyl (C=O) groups is 3. The average molecular weight is 579 g/mol. The van der Waals surface area contributed by atoms with Gasteiger partial charge in [0.2, 0.25) is 0 Å². The molecule has 0 heterocycles. The Hall–Kier alpha value is -3.52. The Morgan fingerprint density at radius 2 is 1.53 bits per heavy atom. The van der Waals surface area contributed by atoms with Gasteiger partial charge in [-0.3, -0.25) is 9.59 Å². The molecule has 200 valence electrons. The summed E-state index contributed by atoms with van der Waals surface area (Å²) < 4.78 is 13.1. The number of phenols is 2. The van der Waals surface area contributed by atoms with Crippen molar-refractivity contribution in [2.75, 3.05) is 19.4 Å². The van der Waals surface area contributed by atoms with Gasteiger partial charge in [-0.25, -0.2) is 4.79 Å². The third-order valence-electron chi connectivity index (χ3n) is 5.71. The van der Waals surface area contributed by atoms with Gasteiger partial charge in [-0.2, -0.15) is 0 Å². The maximum Gasteiger partial charge on any atom is 0.328 e. The van der Waals surface area contributed by atoms with Gasteiger partial charge >= 0.3 is 5.97 Å². The zero-order valence-electron chi connectivity index (χ0n) is 20.1. The van der Waals surface area contributed by atoms with E-state index in [1.54, 1.807) is 18.8 Å². The highest BCUT2D eigenvalue weighted by Gasteiger charge is 2.25. The van der Waals surface area contributed by atoms with Crippen molar-refractivity contribution in [2.24, 2.45) is 0 Å². The van der Waals surface area contributed by atoms with Crippen LogP contribution < -0.4 is 15.9 Å². The van der Waals surface area contributed by atoms with E-state index in [0.717, 1.165) is 0 Å². The van der Waals surface area contributed by atoms with Crippen molar-refractivity contribution in [3.8, 4) is 11.5 Å². The third-order valence-corrected chi connectivity index (χ3v) is 8.75. The topological polar surface area (TPSA) is 153 Å². The van der Waals surface area contributed by atoms with Gasteiger partial charge < -0.3 is 30.5 Å². The maximum atomic E-state index is 13.1. The summed E-state index contributed by atoms with van der Waals surface area (Å²) >= 11 is 12.6. The fourth-order valence-corrected chi connectivity index (χ4v) is 6.07. The molecule has 0 aliphatic heterocycles. The average Bonchev–Trinajstić information content (AvgIpc) is 2.84. The molecule has 2 atom stereocenters. The minimum Gasteiger partial charge on any atom is -0.508 e. The predicted octanol–water partition coefficient (Wildman–Crippen LogP) is 3.88. The molecule has 2 unspecified atom stereocenters. The van der Waals surface area contributed by atoms with E-state index in [1.165, 1.54) is 48.5 Å². The lowest BCUT2D eigenvalue weighted by Crippen LogP contribution is -2.48. The van der Waals surface area contributed by atoms with Crippen LogP contribution in [-0.4, -0.2) is 58.5 Å². The standard InChI is InChI=1S/C26H25Cl2N2O7P/c1-38(37,19-7-3-6-18(32)13-19)9-8-15-10-20(27)23(21(28)11-15)25(34)30-22(26(35)36)14-29-24(33)16-4-2-5-17(31)12-16/h2-7,10-13,22,31-32H,8-9,14H2,1H3,(H,29,33)(H,30,34)(H,35,36). The lowest BCUT2D eigenvalue weighted by Gasteiger charge is -2.17. The van der Waals surface area contributed by atoms with Crippen LogP contribution in [0, 0.1) is 0 Å². The first kappa shape index (κ1) is 29.0. The van der Waals surface area contributed by atoms with Crippen LogP contribution >= 0.6 is 30.3 Å². The number of aliphatic carboxylic acids is 1. The number of carboxylic acid groups (broad SMARTS) is 1. The van der Waals surface area contributed by atoms with Crippen LogP contribution in [0.2, 0.25) is 10.0 Å². The van der Waals surface area contributed by atoms with Gasteiger partial charge in [0.05, 0.1) is 15.6 Å². The van der Waals surface area contributed by atoms with Crippen LogP contribution in [0.4, 0.5) is 0 Å². The van der Waals surface area contributed by atoms with Crippen LogP contribution in [0.1, 0.15) is 26.3 Å². The Morgan fingerprint density at radius 1 is 0.921 bits per heavy atom. The monoisotopic (exact) mass is 578 g/mol. The molecule has 0 aliphatic rings. The summed E-state index contributed by atoms with van der Waals surface area (Å²) in [6.07, 6.45) is 0.582. The molecule has 9 nitrogen and oxygen atoms in total. The fourth-order valence-electron chi connectivity index (χ4n) is 3.62. The van der Waals surface area contributed by atoms with Crippen LogP contribution in [0.5, 0.6) is 11.5 Å². The smallest absolute Gasteiger partial charge is 0.328 e. The first-order chi connectivity index (χ1) is 17.9. The van der Waals surface area contributed by atoms with E-state index >= 15 is 0 Å². The summed E-state index contributed by atoms with van der Waals surface area (Å²) in [6.45, 7) is 1.17. The van der Waals surface area contributed by atoms with Gasteiger partial charge in [-0.15, -0.1) is 0 Å². The summed E-state index contributed by atoms with van der Waals surface area (Å²) in [5.41, 5.74) is 0.588. The molecule has 0 aromatic heterocycles. The zero-order chi connectivity index (χ0) is 28.0. The Morgan fingerprint density at radius 3 is 2.11 bits per heavy atom. The molecule has 0 spiro atoms. The highest BCUT2D eigenvalue weighted by atomic mass is 35.5. The first-order valence-electron chi connectivity index (χ1n) is 11.3. The normalized spacial score (nSPS) is 13.2. The second-order valence-corrected chi connectivity index (χ2v) is 12.6. The van der Waals surface area contributed by atoms with Crippen LogP contribution in [0.15, 0.2) is 60.7 Å². The number of hydrogen-bond donors (Lipinski definition) is 5. The highest BCUT2D eigenvalue weighted by molar-refractivity contribution is 7.70. The van der Waals surface area contributed by atoms with Crippen molar-refractivity contribution in [2.45, 2.75) is 12.5 Å². The first-order valence-corrected chi connectivity index (χ1v) is 14.4. The summed E-state index contributed by atoms with van der Waals surface area (Å²) in [5, 5.41) is 33.9. The molecular weight excluding hydrogens is 554 g/mol. The van der Waals surface area contributed by atoms with Crippen molar-refractivity contribution in [3.63, 3.8) is 0 Å². The lowest BCUT2D eigenvalue weighted by atomic mass is 10.1. The van der Waals surface area contributed by atoms with Crippen LogP contribution in [0.25, 0.3) is 0 Å². The number of carbonyl (C=O) groups excluding carboxylic acids is 2. The van der Waals surface area contributed by atoms with Gasteiger partial charge in [-0.1, -0.05) is 41.4 Å². The second kappa shape index (κ2) is 12.3. The van der Waals surface area contributed by atoms with Crippen LogP contribution in [-0.2, 0) is 15.8 Å². The third kappa shape index (κ3) is 7.51. The Kier molecular flexibility index (Phi) is 9.44. The molecule has 0 radical (unpaired) electrons.